The van der Waals surface area contributed by atoms with E-state index < -0.39 is 0 Å². The molecule has 2 nitrogen and oxygen atoms in total. The van der Waals surface area contributed by atoms with E-state index in [0.29, 0.717) is 0 Å². The fraction of sp³-hybridized carbons (Fsp3) is 0.250. The lowest BCUT2D eigenvalue weighted by molar-refractivity contribution is 1.12. The smallest absolute Gasteiger partial charge is 0.182 e. The molecule has 0 spiro atoms. The van der Waals surface area contributed by atoms with Gasteiger partial charge < -0.3 is 5.32 Å². The molecule has 1 aromatic heterocycles. The van der Waals surface area contributed by atoms with Crippen molar-refractivity contribution in [2.75, 3.05) is 5.32 Å². The Bertz CT molecular complexity index is 415. The van der Waals surface area contributed by atoms with Crippen LogP contribution in [0.1, 0.15) is 16.7 Å². The summed E-state index contributed by atoms with van der Waals surface area (Å²) in [6.07, 6.45) is 1.81. The second-order valence-corrected chi connectivity index (χ2v) is 4.58. The minimum atomic E-state index is 0.843. The van der Waals surface area contributed by atoms with Gasteiger partial charge in [0, 0.05) is 18.1 Å². The van der Waals surface area contributed by atoms with E-state index in [1.165, 1.54) is 16.7 Å². The summed E-state index contributed by atoms with van der Waals surface area (Å²) in [5, 5.41) is 6.26. The zero-order valence-corrected chi connectivity index (χ0v) is 9.77. The van der Waals surface area contributed by atoms with Crippen LogP contribution < -0.4 is 5.32 Å². The van der Waals surface area contributed by atoms with E-state index in [0.717, 1.165) is 11.7 Å². The number of aryl methyl sites for hydroxylation is 2. The van der Waals surface area contributed by atoms with Gasteiger partial charge in [-0.2, -0.15) is 0 Å². The number of nitrogens with zero attached hydrogens (tertiary/aromatic N) is 1. The summed E-state index contributed by atoms with van der Waals surface area (Å²) < 4.78 is 0. The molecule has 0 aliphatic carbocycles. The molecule has 1 N–H and O–H groups in total. The maximum absolute atomic E-state index is 4.18. The van der Waals surface area contributed by atoms with Crippen molar-refractivity contribution in [2.24, 2.45) is 0 Å². The van der Waals surface area contributed by atoms with Gasteiger partial charge in [-0.25, -0.2) is 4.98 Å². The lowest BCUT2D eigenvalue weighted by Crippen LogP contribution is -1.99. The second kappa shape index (κ2) is 4.45. The monoisotopic (exact) mass is 218 g/mol. The van der Waals surface area contributed by atoms with Crippen molar-refractivity contribution in [3.63, 3.8) is 0 Å². The largest absolute Gasteiger partial charge is 0.357 e. The number of anilines is 1. The first kappa shape index (κ1) is 10.2. The molecule has 0 bridgehead atoms. The molecule has 3 heteroatoms. The summed E-state index contributed by atoms with van der Waals surface area (Å²) in [6, 6.07) is 6.59. The van der Waals surface area contributed by atoms with E-state index in [9.17, 15) is 0 Å². The van der Waals surface area contributed by atoms with Gasteiger partial charge in [0.15, 0.2) is 5.13 Å². The topological polar surface area (TPSA) is 24.9 Å². The van der Waals surface area contributed by atoms with E-state index in [1.54, 1.807) is 11.3 Å². The zero-order chi connectivity index (χ0) is 10.7. The van der Waals surface area contributed by atoms with Crippen LogP contribution in [0.25, 0.3) is 0 Å². The van der Waals surface area contributed by atoms with E-state index in [4.69, 9.17) is 0 Å². The summed E-state index contributed by atoms with van der Waals surface area (Å²) in [6.45, 7) is 5.09. The SMILES string of the molecule is Cc1cc(C)cc(CNc2nccs2)c1. The van der Waals surface area contributed by atoms with Gasteiger partial charge in [-0.15, -0.1) is 11.3 Å². The summed E-state index contributed by atoms with van der Waals surface area (Å²) in [7, 11) is 0. The van der Waals surface area contributed by atoms with Crippen molar-refractivity contribution in [3.05, 3.63) is 46.5 Å². The molecule has 78 valence electrons. The second-order valence-electron chi connectivity index (χ2n) is 3.69. The molecule has 0 unspecified atom stereocenters. The van der Waals surface area contributed by atoms with E-state index >= 15 is 0 Å². The van der Waals surface area contributed by atoms with Crippen molar-refractivity contribution in [3.8, 4) is 0 Å². The predicted molar refractivity (Wildman–Crippen MR) is 65.4 cm³/mol. The Morgan fingerprint density at radius 1 is 1.20 bits per heavy atom. The Morgan fingerprint density at radius 3 is 2.53 bits per heavy atom. The molecular formula is C12H14N2S. The molecule has 0 saturated heterocycles. The normalized spacial score (nSPS) is 10.3. The molecular weight excluding hydrogens is 204 g/mol. The van der Waals surface area contributed by atoms with Crippen molar-refractivity contribution in [2.45, 2.75) is 20.4 Å². The van der Waals surface area contributed by atoms with Gasteiger partial charge in [0.2, 0.25) is 0 Å². The van der Waals surface area contributed by atoms with Gasteiger partial charge in [-0.05, 0) is 19.4 Å². The molecule has 2 rings (SSSR count). The first-order chi connectivity index (χ1) is 7.24. The van der Waals surface area contributed by atoms with Crippen molar-refractivity contribution < 1.29 is 0 Å². The minimum Gasteiger partial charge on any atom is -0.357 e. The molecule has 1 heterocycles. The summed E-state index contributed by atoms with van der Waals surface area (Å²) in [5.74, 6) is 0. The quantitative estimate of drug-likeness (QED) is 0.854. The average molecular weight is 218 g/mol. The highest BCUT2D eigenvalue weighted by molar-refractivity contribution is 7.13. The Kier molecular flexibility index (Phi) is 3.02. The number of benzene rings is 1. The van der Waals surface area contributed by atoms with Gasteiger partial charge in [0.25, 0.3) is 0 Å². The fourth-order valence-electron chi connectivity index (χ4n) is 1.66. The van der Waals surface area contributed by atoms with Crippen LogP contribution in [0.5, 0.6) is 0 Å². The van der Waals surface area contributed by atoms with Gasteiger partial charge in [0.1, 0.15) is 0 Å². The summed E-state index contributed by atoms with van der Waals surface area (Å²) in [5.41, 5.74) is 3.93. The highest BCUT2D eigenvalue weighted by atomic mass is 32.1. The third kappa shape index (κ3) is 2.80. The maximum atomic E-state index is 4.18. The van der Waals surface area contributed by atoms with Crippen molar-refractivity contribution in [1.29, 1.82) is 0 Å². The zero-order valence-electron chi connectivity index (χ0n) is 8.95. The molecule has 0 amide bonds. The first-order valence-corrected chi connectivity index (χ1v) is 5.82. The lowest BCUT2D eigenvalue weighted by atomic mass is 10.1. The molecule has 0 atom stereocenters. The highest BCUT2D eigenvalue weighted by Gasteiger charge is 1.97. The van der Waals surface area contributed by atoms with Crippen LogP contribution in [0.2, 0.25) is 0 Å². The standard InChI is InChI=1S/C12H14N2S/c1-9-5-10(2)7-11(6-9)8-14-12-13-3-4-15-12/h3-7H,8H2,1-2H3,(H,13,14). The number of nitrogens with one attached hydrogen (secondary N) is 1. The van der Waals surface area contributed by atoms with Crippen LogP contribution >= 0.6 is 11.3 Å². The number of hydrogen-bond acceptors (Lipinski definition) is 3. The summed E-state index contributed by atoms with van der Waals surface area (Å²) >= 11 is 1.63. The third-order valence-corrected chi connectivity index (χ3v) is 2.89. The van der Waals surface area contributed by atoms with E-state index in [2.05, 4.69) is 42.3 Å². The predicted octanol–water partition coefficient (Wildman–Crippen LogP) is 3.37. The van der Waals surface area contributed by atoms with Gasteiger partial charge >= 0.3 is 0 Å². The molecule has 15 heavy (non-hydrogen) atoms. The Balaban J connectivity index is 2.05. The highest BCUT2D eigenvalue weighted by Crippen LogP contribution is 2.14. The molecule has 0 aliphatic heterocycles. The number of hydrogen-bond donors (Lipinski definition) is 1. The van der Waals surface area contributed by atoms with Crippen LogP contribution in [-0.4, -0.2) is 4.98 Å². The Hall–Kier alpha value is -1.35. The Labute approximate surface area is 94.0 Å². The number of aromatic nitrogens is 1. The van der Waals surface area contributed by atoms with Crippen molar-refractivity contribution >= 4 is 16.5 Å². The van der Waals surface area contributed by atoms with E-state index in [-0.39, 0.29) is 0 Å². The fourth-order valence-corrected chi connectivity index (χ4v) is 2.19. The van der Waals surface area contributed by atoms with Crippen LogP contribution in [-0.2, 0) is 6.54 Å². The van der Waals surface area contributed by atoms with E-state index in [1.807, 2.05) is 11.6 Å². The van der Waals surface area contributed by atoms with Crippen molar-refractivity contribution in [1.82, 2.24) is 4.98 Å². The van der Waals surface area contributed by atoms with Crippen LogP contribution in [0.15, 0.2) is 29.8 Å². The molecule has 0 fully saturated rings. The third-order valence-electron chi connectivity index (χ3n) is 2.16. The summed E-state index contributed by atoms with van der Waals surface area (Å²) in [4.78, 5) is 4.18. The number of rotatable bonds is 3. The first-order valence-electron chi connectivity index (χ1n) is 4.94. The van der Waals surface area contributed by atoms with Crippen LogP contribution in [0.3, 0.4) is 0 Å². The Morgan fingerprint density at radius 2 is 1.93 bits per heavy atom. The maximum Gasteiger partial charge on any atom is 0.182 e. The molecule has 1 aromatic carbocycles. The molecule has 0 radical (unpaired) electrons. The van der Waals surface area contributed by atoms with Crippen LogP contribution in [0.4, 0.5) is 5.13 Å². The van der Waals surface area contributed by atoms with Gasteiger partial charge in [-0.1, -0.05) is 29.3 Å². The molecule has 0 aliphatic rings. The molecule has 2 aromatic rings. The molecule has 0 saturated carbocycles. The lowest BCUT2D eigenvalue weighted by Gasteiger charge is -2.05. The van der Waals surface area contributed by atoms with Gasteiger partial charge in [-0.3, -0.25) is 0 Å². The van der Waals surface area contributed by atoms with Crippen LogP contribution in [0, 0.1) is 13.8 Å². The van der Waals surface area contributed by atoms with Gasteiger partial charge in [0.05, 0.1) is 0 Å². The minimum absolute atomic E-state index is 0.843. The average Bonchev–Trinajstić information content (AvgIpc) is 2.65. The number of thiazole rings is 1.